The van der Waals surface area contributed by atoms with Crippen LogP contribution in [0.3, 0.4) is 0 Å². The molecule has 0 N–H and O–H groups in total. The van der Waals surface area contributed by atoms with Crippen molar-refractivity contribution in [3.8, 4) is 0 Å². The van der Waals surface area contributed by atoms with E-state index in [1.54, 1.807) is 0 Å². The molecule has 0 aliphatic heterocycles. The summed E-state index contributed by atoms with van der Waals surface area (Å²) in [5.41, 5.74) is 0.678. The lowest BCUT2D eigenvalue weighted by atomic mass is 9.62. The van der Waals surface area contributed by atoms with Crippen molar-refractivity contribution in [1.29, 1.82) is 0 Å². The van der Waals surface area contributed by atoms with Gasteiger partial charge in [-0.1, -0.05) is 33.1 Å². The third-order valence-corrected chi connectivity index (χ3v) is 4.68. The number of hydrogen-bond acceptors (Lipinski definition) is 0. The van der Waals surface area contributed by atoms with Gasteiger partial charge in [0.1, 0.15) is 0 Å². The van der Waals surface area contributed by atoms with Crippen molar-refractivity contribution < 1.29 is 1.37 Å². The molecule has 0 heterocycles. The average molecular weight is 195 g/mol. The fourth-order valence-electron chi connectivity index (χ4n) is 3.48. The maximum atomic E-state index is 8.48. The fourth-order valence-corrected chi connectivity index (χ4v) is 3.48. The summed E-state index contributed by atoms with van der Waals surface area (Å²) in [6.07, 6.45) is 12.3. The molecule has 0 aromatic heterocycles. The summed E-state index contributed by atoms with van der Waals surface area (Å²) in [6, 6.07) is 0. The Morgan fingerprint density at radius 1 is 1.00 bits per heavy atom. The van der Waals surface area contributed by atoms with Crippen LogP contribution in [0.25, 0.3) is 0 Å². The number of rotatable bonds is 1. The van der Waals surface area contributed by atoms with Crippen molar-refractivity contribution in [3.63, 3.8) is 0 Å². The minimum atomic E-state index is -0.0945. The first-order valence-electron chi connectivity index (χ1n) is 7.06. The highest BCUT2D eigenvalue weighted by molar-refractivity contribution is 4.88. The van der Waals surface area contributed by atoms with Crippen LogP contribution in [0.4, 0.5) is 0 Å². The van der Waals surface area contributed by atoms with Gasteiger partial charge in [-0.2, -0.15) is 0 Å². The molecule has 0 radical (unpaired) electrons. The molecule has 2 aliphatic rings. The highest BCUT2D eigenvalue weighted by Crippen LogP contribution is 2.49. The molecule has 0 aromatic carbocycles. The molecular formula is C14H26. The summed E-state index contributed by atoms with van der Waals surface area (Å²) >= 11 is 0. The molecule has 0 amide bonds. The zero-order chi connectivity index (χ0) is 10.9. The summed E-state index contributed by atoms with van der Waals surface area (Å²) in [7, 11) is 0. The molecule has 0 bridgehead atoms. The Balaban J connectivity index is 1.96. The lowest BCUT2D eigenvalue weighted by molar-refractivity contribution is 0.0829. The maximum Gasteiger partial charge on any atom is 0.0305 e. The average Bonchev–Trinajstić information content (AvgIpc) is 2.24. The molecule has 0 heteroatoms. The molecule has 14 heavy (non-hydrogen) atoms. The molecule has 0 saturated heterocycles. The van der Waals surface area contributed by atoms with E-state index in [0.717, 1.165) is 12.8 Å². The highest BCUT2D eigenvalue weighted by atomic mass is 14.4. The van der Waals surface area contributed by atoms with Gasteiger partial charge in [0.05, 0.1) is 0 Å². The summed E-state index contributed by atoms with van der Waals surface area (Å²) in [6.45, 7) is 4.46. The second-order valence-corrected chi connectivity index (χ2v) is 5.87. The zero-order valence-corrected chi connectivity index (χ0v) is 9.94. The van der Waals surface area contributed by atoms with E-state index >= 15 is 0 Å². The van der Waals surface area contributed by atoms with Gasteiger partial charge < -0.3 is 0 Å². The zero-order valence-electron chi connectivity index (χ0n) is 10.9. The third kappa shape index (κ3) is 2.15. The van der Waals surface area contributed by atoms with E-state index in [-0.39, 0.29) is 5.89 Å². The lowest BCUT2D eigenvalue weighted by Gasteiger charge is -2.44. The second-order valence-electron chi connectivity index (χ2n) is 5.87. The Morgan fingerprint density at radius 3 is 2.07 bits per heavy atom. The van der Waals surface area contributed by atoms with E-state index in [1.807, 2.05) is 0 Å². The van der Waals surface area contributed by atoms with Gasteiger partial charge in [0.2, 0.25) is 0 Å². The quantitative estimate of drug-likeness (QED) is 0.564. The van der Waals surface area contributed by atoms with Gasteiger partial charge >= 0.3 is 0 Å². The van der Waals surface area contributed by atoms with Crippen LogP contribution in [0.2, 0.25) is 0 Å². The van der Waals surface area contributed by atoms with E-state index in [1.165, 1.54) is 44.9 Å². The van der Waals surface area contributed by atoms with Gasteiger partial charge in [-0.05, 0) is 55.8 Å². The van der Waals surface area contributed by atoms with E-state index in [2.05, 4.69) is 13.8 Å². The van der Waals surface area contributed by atoms with Crippen LogP contribution < -0.4 is 0 Å². The van der Waals surface area contributed by atoms with E-state index in [4.69, 9.17) is 1.37 Å². The Hall–Kier alpha value is 0. The predicted molar refractivity (Wildman–Crippen MR) is 62.3 cm³/mol. The van der Waals surface area contributed by atoms with Gasteiger partial charge in [-0.25, -0.2) is 0 Å². The third-order valence-electron chi connectivity index (χ3n) is 4.68. The van der Waals surface area contributed by atoms with Crippen molar-refractivity contribution in [2.24, 2.45) is 17.2 Å². The monoisotopic (exact) mass is 195 g/mol. The first kappa shape index (κ1) is 9.24. The molecule has 82 valence electrons. The SMILES string of the molecule is [2H]C1(C(C)C)CCC2(CCCCC2)CC1. The smallest absolute Gasteiger partial charge is 0.0305 e. The number of hydrogen-bond donors (Lipinski definition) is 0. The molecular weight excluding hydrogens is 168 g/mol. The van der Waals surface area contributed by atoms with Gasteiger partial charge in [0.25, 0.3) is 0 Å². The van der Waals surface area contributed by atoms with Crippen LogP contribution in [-0.2, 0) is 0 Å². The molecule has 0 nitrogen and oxygen atoms in total. The largest absolute Gasteiger partial charge is 0.0625 e. The van der Waals surface area contributed by atoms with Crippen LogP contribution in [0, 0.1) is 17.2 Å². The van der Waals surface area contributed by atoms with Crippen LogP contribution in [0.15, 0.2) is 0 Å². The standard InChI is InChI=1S/C14H26/c1-12(2)13-6-10-14(11-7-13)8-4-3-5-9-14/h12-13H,3-11H2,1-2H3/i13D. The van der Waals surface area contributed by atoms with Crippen molar-refractivity contribution in [2.75, 3.05) is 0 Å². The topological polar surface area (TPSA) is 0 Å². The fraction of sp³-hybridized carbons (Fsp3) is 1.00. The van der Waals surface area contributed by atoms with Crippen molar-refractivity contribution in [2.45, 2.75) is 71.6 Å². The molecule has 0 unspecified atom stereocenters. The van der Waals surface area contributed by atoms with Crippen LogP contribution in [0.5, 0.6) is 0 Å². The minimum Gasteiger partial charge on any atom is -0.0625 e. The molecule has 0 aromatic rings. The molecule has 2 rings (SSSR count). The summed E-state index contributed by atoms with van der Waals surface area (Å²) in [5, 5.41) is 0. The Labute approximate surface area is 90.9 Å². The Kier molecular flexibility index (Phi) is 2.80. The minimum absolute atomic E-state index is 0.0945. The van der Waals surface area contributed by atoms with Crippen LogP contribution >= 0.6 is 0 Å². The predicted octanol–water partition coefficient (Wildman–Crippen LogP) is 4.78. The van der Waals surface area contributed by atoms with Crippen molar-refractivity contribution in [1.82, 2.24) is 0 Å². The summed E-state index contributed by atoms with van der Waals surface area (Å²) < 4.78 is 8.48. The molecule has 2 saturated carbocycles. The van der Waals surface area contributed by atoms with Gasteiger partial charge in [0, 0.05) is 1.37 Å². The summed E-state index contributed by atoms with van der Waals surface area (Å²) in [4.78, 5) is 0. The van der Waals surface area contributed by atoms with E-state index < -0.39 is 0 Å². The first-order valence-corrected chi connectivity index (χ1v) is 6.56. The second kappa shape index (κ2) is 4.24. The highest BCUT2D eigenvalue weighted by Gasteiger charge is 2.36. The molecule has 0 atom stereocenters. The molecule has 2 aliphatic carbocycles. The van der Waals surface area contributed by atoms with Gasteiger partial charge in [-0.15, -0.1) is 0 Å². The Bertz CT molecular complexity index is 203. The maximum absolute atomic E-state index is 8.48. The van der Waals surface area contributed by atoms with E-state index in [9.17, 15) is 0 Å². The summed E-state index contributed by atoms with van der Waals surface area (Å²) in [5.74, 6) is 0.446. The Morgan fingerprint density at radius 2 is 1.57 bits per heavy atom. The van der Waals surface area contributed by atoms with Crippen LogP contribution in [0.1, 0.15) is 73.0 Å². The van der Waals surface area contributed by atoms with Gasteiger partial charge in [0.15, 0.2) is 0 Å². The first-order chi connectivity index (χ1) is 7.06. The van der Waals surface area contributed by atoms with Crippen molar-refractivity contribution in [3.05, 3.63) is 0 Å². The lowest BCUT2D eigenvalue weighted by Crippen LogP contribution is -2.31. The van der Waals surface area contributed by atoms with Gasteiger partial charge in [-0.3, -0.25) is 0 Å². The van der Waals surface area contributed by atoms with E-state index in [0.29, 0.717) is 11.3 Å². The van der Waals surface area contributed by atoms with Crippen molar-refractivity contribution >= 4 is 0 Å². The normalized spacial score (nSPS) is 31.8. The molecule has 2 fully saturated rings. The van der Waals surface area contributed by atoms with Crippen LogP contribution in [-0.4, -0.2) is 0 Å². The molecule has 1 spiro atoms.